The second kappa shape index (κ2) is 9.81. The Morgan fingerprint density at radius 1 is 1.11 bits per heavy atom. The Kier molecular flexibility index (Phi) is 6.81. The normalized spacial score (nSPS) is 14.2. The van der Waals surface area contributed by atoms with Crippen LogP contribution < -0.4 is 15.0 Å². The molecule has 186 valence electrons. The monoisotopic (exact) mass is 480 g/mol. The molecular weight excluding hydrogens is 448 g/mol. The third kappa shape index (κ3) is 5.82. The van der Waals surface area contributed by atoms with E-state index >= 15 is 0 Å². The zero-order valence-corrected chi connectivity index (χ0v) is 20.9. The number of hydrogen-bond donors (Lipinski definition) is 1. The molecule has 0 unspecified atom stereocenters. The Bertz CT molecular complexity index is 1210. The lowest BCUT2D eigenvalue weighted by Crippen LogP contribution is -2.50. The van der Waals surface area contributed by atoms with E-state index in [2.05, 4.69) is 20.2 Å². The van der Waals surface area contributed by atoms with Crippen LogP contribution in [0.25, 0.3) is 5.65 Å². The molecule has 0 saturated carbocycles. The van der Waals surface area contributed by atoms with Gasteiger partial charge in [-0.2, -0.15) is 0 Å². The molecule has 4 heterocycles. The van der Waals surface area contributed by atoms with Crippen molar-refractivity contribution in [2.75, 3.05) is 43.0 Å². The van der Waals surface area contributed by atoms with Gasteiger partial charge in [0.2, 0.25) is 0 Å². The van der Waals surface area contributed by atoms with Crippen LogP contribution in [-0.2, 0) is 4.74 Å². The lowest BCUT2D eigenvalue weighted by atomic mass is 10.2. The fourth-order valence-corrected chi connectivity index (χ4v) is 3.89. The average molecular weight is 481 g/mol. The molecule has 0 spiro atoms. The molecule has 4 rings (SSSR count). The molecule has 3 aromatic rings. The third-order valence-electron chi connectivity index (χ3n) is 5.51. The number of pyridine rings is 2. The van der Waals surface area contributed by atoms with Gasteiger partial charge in [-0.1, -0.05) is 0 Å². The number of aryl methyl sites for hydroxylation is 1. The predicted molar refractivity (Wildman–Crippen MR) is 133 cm³/mol. The van der Waals surface area contributed by atoms with Crippen molar-refractivity contribution in [2.24, 2.45) is 0 Å². The summed E-state index contributed by atoms with van der Waals surface area (Å²) >= 11 is 0. The fourth-order valence-electron chi connectivity index (χ4n) is 3.89. The fraction of sp³-hybridized carbons (Fsp3) is 0.440. The van der Waals surface area contributed by atoms with Crippen LogP contribution >= 0.6 is 0 Å². The molecule has 1 N–H and O–H groups in total. The highest BCUT2D eigenvalue weighted by molar-refractivity contribution is 6.05. The van der Waals surface area contributed by atoms with Crippen LogP contribution in [0, 0.1) is 6.92 Å². The van der Waals surface area contributed by atoms with Gasteiger partial charge in [0.15, 0.2) is 0 Å². The molecule has 0 aliphatic carbocycles. The first-order valence-electron chi connectivity index (χ1n) is 11.8. The third-order valence-corrected chi connectivity index (χ3v) is 5.51. The van der Waals surface area contributed by atoms with Gasteiger partial charge >= 0.3 is 6.09 Å². The van der Waals surface area contributed by atoms with Crippen LogP contribution in [-0.4, -0.2) is 69.7 Å². The molecule has 1 aliphatic heterocycles. The number of imidazole rings is 1. The highest BCUT2D eigenvalue weighted by Gasteiger charge is 2.26. The molecule has 35 heavy (non-hydrogen) atoms. The summed E-state index contributed by atoms with van der Waals surface area (Å²) in [5.41, 5.74) is 2.40. The van der Waals surface area contributed by atoms with Gasteiger partial charge in [0.05, 0.1) is 29.7 Å². The van der Waals surface area contributed by atoms with E-state index in [4.69, 9.17) is 9.47 Å². The van der Waals surface area contributed by atoms with Gasteiger partial charge in [-0.3, -0.25) is 4.79 Å². The van der Waals surface area contributed by atoms with Gasteiger partial charge in [0, 0.05) is 44.6 Å². The molecule has 2 amide bonds. The van der Waals surface area contributed by atoms with Crippen molar-refractivity contribution >= 4 is 29.2 Å². The van der Waals surface area contributed by atoms with E-state index in [0.717, 1.165) is 17.0 Å². The van der Waals surface area contributed by atoms with Crippen molar-refractivity contribution in [2.45, 2.75) is 40.2 Å². The summed E-state index contributed by atoms with van der Waals surface area (Å²) in [5, 5.41) is 2.85. The zero-order chi connectivity index (χ0) is 25.2. The highest BCUT2D eigenvalue weighted by Crippen LogP contribution is 2.24. The van der Waals surface area contributed by atoms with Crippen LogP contribution in [0.4, 0.5) is 16.3 Å². The van der Waals surface area contributed by atoms with Crippen LogP contribution in [0.5, 0.6) is 5.75 Å². The molecule has 10 nitrogen and oxygen atoms in total. The van der Waals surface area contributed by atoms with Gasteiger partial charge in [0.1, 0.15) is 22.8 Å². The average Bonchev–Trinajstić information content (AvgIpc) is 3.17. The first-order valence-corrected chi connectivity index (χ1v) is 11.8. The quantitative estimate of drug-likeness (QED) is 0.594. The molecule has 1 saturated heterocycles. The van der Waals surface area contributed by atoms with E-state index in [1.807, 2.05) is 46.9 Å². The van der Waals surface area contributed by atoms with Gasteiger partial charge in [0.25, 0.3) is 5.91 Å². The molecule has 10 heteroatoms. The molecule has 0 bridgehead atoms. The lowest BCUT2D eigenvalue weighted by Gasteiger charge is -2.36. The minimum atomic E-state index is -0.509. The Morgan fingerprint density at radius 3 is 2.49 bits per heavy atom. The number of ether oxygens (including phenoxy) is 2. The van der Waals surface area contributed by atoms with Crippen molar-refractivity contribution in [3.8, 4) is 5.75 Å². The zero-order valence-electron chi connectivity index (χ0n) is 20.9. The minimum Gasteiger partial charge on any atom is -0.493 e. The van der Waals surface area contributed by atoms with Crippen LogP contribution in [0.15, 0.2) is 36.8 Å². The number of amides is 2. The number of nitrogens with one attached hydrogen (secondary N) is 1. The van der Waals surface area contributed by atoms with E-state index in [0.29, 0.717) is 49.9 Å². The molecular formula is C25H32N6O4. The number of fused-ring (bicyclic) bond motifs is 1. The van der Waals surface area contributed by atoms with E-state index in [9.17, 15) is 9.59 Å². The minimum absolute atomic E-state index is 0.288. The topological polar surface area (TPSA) is 101 Å². The number of rotatable bonds is 5. The number of nitrogens with zero attached hydrogens (tertiary/aromatic N) is 5. The summed E-state index contributed by atoms with van der Waals surface area (Å²) < 4.78 is 12.9. The first kappa shape index (κ1) is 24.3. The van der Waals surface area contributed by atoms with Crippen molar-refractivity contribution in [3.63, 3.8) is 0 Å². The Labute approximate surface area is 204 Å². The molecule has 0 aromatic carbocycles. The molecule has 3 aromatic heterocycles. The maximum atomic E-state index is 13.0. The van der Waals surface area contributed by atoms with Crippen molar-refractivity contribution in [3.05, 3.63) is 48.0 Å². The number of piperazine rings is 1. The van der Waals surface area contributed by atoms with E-state index < -0.39 is 5.60 Å². The molecule has 0 atom stereocenters. The number of hydrogen-bond acceptors (Lipinski definition) is 7. The van der Waals surface area contributed by atoms with Crippen molar-refractivity contribution in [1.29, 1.82) is 0 Å². The summed E-state index contributed by atoms with van der Waals surface area (Å²) in [6.07, 6.45) is 5.01. The Balaban J connectivity index is 1.40. The van der Waals surface area contributed by atoms with Gasteiger partial charge in [-0.15, -0.1) is 0 Å². The Morgan fingerprint density at radius 2 is 1.86 bits per heavy atom. The van der Waals surface area contributed by atoms with Gasteiger partial charge < -0.3 is 29.0 Å². The number of aromatic nitrogens is 3. The van der Waals surface area contributed by atoms with Gasteiger partial charge in [-0.25, -0.2) is 14.8 Å². The summed E-state index contributed by atoms with van der Waals surface area (Å²) in [6, 6.07) is 5.45. The SMILES string of the molecule is CCOc1cc2nc(C)cn2cc1C(=O)Nc1ccc(N2CCN(C(=O)OC(C)(C)C)CC2)cn1. The largest absolute Gasteiger partial charge is 0.493 e. The Hall–Kier alpha value is -3.82. The summed E-state index contributed by atoms with van der Waals surface area (Å²) in [5.74, 6) is 0.603. The highest BCUT2D eigenvalue weighted by atomic mass is 16.6. The molecule has 0 radical (unpaired) electrons. The van der Waals surface area contributed by atoms with Crippen molar-refractivity contribution in [1.82, 2.24) is 19.3 Å². The first-order chi connectivity index (χ1) is 16.6. The lowest BCUT2D eigenvalue weighted by molar-refractivity contribution is 0.0240. The summed E-state index contributed by atoms with van der Waals surface area (Å²) in [4.78, 5) is 38.0. The smallest absolute Gasteiger partial charge is 0.410 e. The number of carbonyl (C=O) groups excluding carboxylic acids is 2. The summed E-state index contributed by atoms with van der Waals surface area (Å²) in [7, 11) is 0. The standard InChI is InChI=1S/C25H32N6O4/c1-6-34-20-13-22-27-17(2)15-31(22)16-19(20)23(32)28-21-8-7-18(14-26-21)29-9-11-30(12-10-29)24(33)35-25(3,4)5/h7-8,13-16H,6,9-12H2,1-5H3,(H,26,28,32). The van der Waals surface area contributed by atoms with Crippen LogP contribution in [0.1, 0.15) is 43.7 Å². The van der Waals surface area contributed by atoms with Crippen LogP contribution in [0.3, 0.4) is 0 Å². The maximum absolute atomic E-state index is 13.0. The molecule has 1 aliphatic rings. The second-order valence-corrected chi connectivity index (χ2v) is 9.44. The van der Waals surface area contributed by atoms with E-state index in [1.165, 1.54) is 0 Å². The van der Waals surface area contributed by atoms with Gasteiger partial charge in [-0.05, 0) is 46.8 Å². The second-order valence-electron chi connectivity index (χ2n) is 9.44. The summed E-state index contributed by atoms with van der Waals surface area (Å²) in [6.45, 7) is 12.3. The van der Waals surface area contributed by atoms with E-state index in [-0.39, 0.29) is 12.0 Å². The van der Waals surface area contributed by atoms with Crippen LogP contribution in [0.2, 0.25) is 0 Å². The molecule has 1 fully saturated rings. The predicted octanol–water partition coefficient (Wildman–Crippen LogP) is 3.75. The van der Waals surface area contributed by atoms with Crippen molar-refractivity contribution < 1.29 is 19.1 Å². The number of carbonyl (C=O) groups is 2. The maximum Gasteiger partial charge on any atom is 0.410 e. The number of anilines is 2. The van der Waals surface area contributed by atoms with E-state index in [1.54, 1.807) is 33.8 Å².